The third kappa shape index (κ3) is 7.00. The average Bonchev–Trinajstić information content (AvgIpc) is 3.11. The maximum absolute atomic E-state index is 13.0. The Bertz CT molecular complexity index is 1200. The number of ether oxygens (including phenoxy) is 1. The van der Waals surface area contributed by atoms with Crippen LogP contribution in [0.2, 0.25) is 0 Å². The van der Waals surface area contributed by atoms with E-state index in [4.69, 9.17) is 4.74 Å². The lowest BCUT2D eigenvalue weighted by Crippen LogP contribution is -2.44. The van der Waals surface area contributed by atoms with E-state index in [1.165, 1.54) is 9.13 Å². The van der Waals surface area contributed by atoms with Gasteiger partial charge in [0.1, 0.15) is 6.04 Å². The van der Waals surface area contributed by atoms with E-state index in [0.29, 0.717) is 30.6 Å². The van der Waals surface area contributed by atoms with Gasteiger partial charge in [0.05, 0.1) is 23.2 Å². The summed E-state index contributed by atoms with van der Waals surface area (Å²) in [4.78, 5) is 48.3. The summed E-state index contributed by atoms with van der Waals surface area (Å²) in [6, 6.07) is 4.82. The number of imide groups is 1. The Hall–Kier alpha value is -3.54. The molecule has 3 rings (SSSR count). The van der Waals surface area contributed by atoms with Crippen molar-refractivity contribution in [3.05, 3.63) is 34.2 Å². The van der Waals surface area contributed by atoms with E-state index in [2.05, 4.69) is 29.4 Å². The number of fused-ring (bicyclic) bond motifs is 1. The SMILES string of the molecule is CCCCOC(=O)NCCCCCCCC#Cc1cccc2c1n(C)c(=O)n2[C@H]1CCC(=O)NC1=O. The van der Waals surface area contributed by atoms with Crippen LogP contribution < -0.4 is 16.3 Å². The molecule has 1 fully saturated rings. The molecule has 0 aliphatic carbocycles. The highest BCUT2D eigenvalue weighted by molar-refractivity contribution is 6.00. The Morgan fingerprint density at radius 3 is 2.69 bits per heavy atom. The van der Waals surface area contributed by atoms with Crippen molar-refractivity contribution in [1.82, 2.24) is 19.8 Å². The number of hydrogen-bond acceptors (Lipinski definition) is 5. The maximum atomic E-state index is 13.0. The highest BCUT2D eigenvalue weighted by atomic mass is 16.5. The normalized spacial score (nSPS) is 15.3. The monoisotopic (exact) mass is 496 g/mol. The minimum absolute atomic E-state index is 0.209. The molecule has 3 amide bonds. The molecule has 0 saturated carbocycles. The van der Waals surface area contributed by atoms with Crippen molar-refractivity contribution >= 4 is 28.9 Å². The molecule has 1 atom stereocenters. The summed E-state index contributed by atoms with van der Waals surface area (Å²) < 4.78 is 8.06. The highest BCUT2D eigenvalue weighted by Gasteiger charge is 2.31. The first-order valence-electron chi connectivity index (χ1n) is 12.9. The molecular weight excluding hydrogens is 460 g/mol. The molecule has 2 N–H and O–H groups in total. The fraction of sp³-hybridized carbons (Fsp3) is 0.556. The molecule has 0 bridgehead atoms. The highest BCUT2D eigenvalue weighted by Crippen LogP contribution is 2.24. The Balaban J connectivity index is 1.48. The van der Waals surface area contributed by atoms with Crippen LogP contribution in [-0.2, 0) is 21.4 Å². The standard InChI is InChI=1S/C27H36N4O5/c1-3-4-19-36-26(34)28-18-11-9-7-5-6-8-10-13-20-14-12-15-21-24(20)30(2)27(35)31(21)22-16-17-23(32)29-25(22)33/h12,14-15,22H,3-9,11,16-19H2,1-2H3,(H,28,34)(H,29,32,33)/t22-/m0/s1. The largest absolute Gasteiger partial charge is 0.450 e. The number of nitrogens with zero attached hydrogens (tertiary/aromatic N) is 2. The van der Waals surface area contributed by atoms with E-state index < -0.39 is 11.9 Å². The van der Waals surface area contributed by atoms with E-state index in [1.807, 2.05) is 18.2 Å². The fourth-order valence-electron chi connectivity index (χ4n) is 4.35. The van der Waals surface area contributed by atoms with Crippen molar-refractivity contribution in [3.8, 4) is 11.8 Å². The number of para-hydroxylation sites is 1. The van der Waals surface area contributed by atoms with E-state index in [9.17, 15) is 19.2 Å². The van der Waals surface area contributed by atoms with Gasteiger partial charge in [0.25, 0.3) is 0 Å². The van der Waals surface area contributed by atoms with Crippen molar-refractivity contribution in [2.24, 2.45) is 7.05 Å². The zero-order valence-corrected chi connectivity index (χ0v) is 21.2. The number of carbonyl (C=O) groups excluding carboxylic acids is 3. The van der Waals surface area contributed by atoms with E-state index in [0.717, 1.165) is 56.9 Å². The molecule has 9 nitrogen and oxygen atoms in total. The van der Waals surface area contributed by atoms with Crippen molar-refractivity contribution in [2.75, 3.05) is 13.2 Å². The number of unbranched alkanes of at least 4 members (excludes halogenated alkanes) is 6. The lowest BCUT2D eigenvalue weighted by Gasteiger charge is -2.21. The number of aryl methyl sites for hydroxylation is 1. The number of imidazole rings is 1. The van der Waals surface area contributed by atoms with Gasteiger partial charge in [0.2, 0.25) is 11.8 Å². The molecule has 1 aliphatic heterocycles. The second kappa shape index (κ2) is 13.5. The second-order valence-corrected chi connectivity index (χ2v) is 9.09. The van der Waals surface area contributed by atoms with Crippen LogP contribution in [0, 0.1) is 11.8 Å². The Morgan fingerprint density at radius 2 is 1.92 bits per heavy atom. The Labute approximate surface area is 211 Å². The van der Waals surface area contributed by atoms with Gasteiger partial charge < -0.3 is 10.1 Å². The number of amides is 3. The van der Waals surface area contributed by atoms with Crippen molar-refractivity contribution in [2.45, 2.75) is 77.2 Å². The third-order valence-electron chi connectivity index (χ3n) is 6.33. The number of alkyl carbamates (subject to hydrolysis) is 1. The fourth-order valence-corrected chi connectivity index (χ4v) is 4.35. The lowest BCUT2D eigenvalue weighted by molar-refractivity contribution is -0.135. The summed E-state index contributed by atoms with van der Waals surface area (Å²) >= 11 is 0. The molecule has 36 heavy (non-hydrogen) atoms. The molecule has 1 aromatic carbocycles. The van der Waals surface area contributed by atoms with Gasteiger partial charge in [-0.2, -0.15) is 0 Å². The lowest BCUT2D eigenvalue weighted by atomic mass is 10.1. The van der Waals surface area contributed by atoms with Crippen molar-refractivity contribution in [3.63, 3.8) is 0 Å². The summed E-state index contributed by atoms with van der Waals surface area (Å²) in [5.74, 6) is 5.65. The minimum atomic E-state index is -0.705. The number of carbonyl (C=O) groups is 3. The van der Waals surface area contributed by atoms with Gasteiger partial charge in [-0.15, -0.1) is 0 Å². The van der Waals surface area contributed by atoms with E-state index >= 15 is 0 Å². The quantitative estimate of drug-likeness (QED) is 0.281. The van der Waals surface area contributed by atoms with Crippen LogP contribution in [0.4, 0.5) is 4.79 Å². The predicted molar refractivity (Wildman–Crippen MR) is 137 cm³/mol. The number of aromatic nitrogens is 2. The summed E-state index contributed by atoms with van der Waals surface area (Å²) in [6.07, 6.45) is 7.90. The average molecular weight is 497 g/mol. The smallest absolute Gasteiger partial charge is 0.407 e. The second-order valence-electron chi connectivity index (χ2n) is 9.09. The number of nitrogens with one attached hydrogen (secondary N) is 2. The molecule has 1 saturated heterocycles. The summed E-state index contributed by atoms with van der Waals surface area (Å²) in [5.41, 5.74) is 1.79. The van der Waals surface area contributed by atoms with Crippen LogP contribution in [0.5, 0.6) is 0 Å². The van der Waals surface area contributed by atoms with Gasteiger partial charge >= 0.3 is 11.8 Å². The van der Waals surface area contributed by atoms with E-state index in [-0.39, 0.29) is 24.1 Å². The predicted octanol–water partition coefficient (Wildman–Crippen LogP) is 3.54. The summed E-state index contributed by atoms with van der Waals surface area (Å²) in [5, 5.41) is 5.10. The van der Waals surface area contributed by atoms with Crippen LogP contribution >= 0.6 is 0 Å². The van der Waals surface area contributed by atoms with Crippen LogP contribution in [0.25, 0.3) is 11.0 Å². The van der Waals surface area contributed by atoms with Crippen LogP contribution in [-0.4, -0.2) is 40.2 Å². The molecule has 9 heteroatoms. The third-order valence-corrected chi connectivity index (χ3v) is 6.33. The van der Waals surface area contributed by atoms with Gasteiger partial charge in [-0.25, -0.2) is 9.59 Å². The van der Waals surface area contributed by atoms with Gasteiger partial charge in [0.15, 0.2) is 0 Å². The maximum Gasteiger partial charge on any atom is 0.407 e. The molecule has 2 heterocycles. The number of piperidine rings is 1. The Kier molecular flexibility index (Phi) is 10.2. The molecule has 194 valence electrons. The van der Waals surface area contributed by atoms with Gasteiger partial charge in [-0.1, -0.05) is 50.5 Å². The number of hydrogen-bond donors (Lipinski definition) is 2. The van der Waals surface area contributed by atoms with Crippen LogP contribution in [0.15, 0.2) is 23.0 Å². The van der Waals surface area contributed by atoms with Crippen molar-refractivity contribution in [1.29, 1.82) is 0 Å². The van der Waals surface area contributed by atoms with E-state index in [1.54, 1.807) is 7.05 Å². The molecule has 1 aromatic heterocycles. The van der Waals surface area contributed by atoms with Gasteiger partial charge in [-0.05, 0) is 37.8 Å². The van der Waals surface area contributed by atoms with Crippen LogP contribution in [0.1, 0.15) is 82.7 Å². The zero-order chi connectivity index (χ0) is 25.9. The molecule has 1 aliphatic rings. The Morgan fingerprint density at radius 1 is 1.14 bits per heavy atom. The molecule has 2 aromatic rings. The first kappa shape index (κ1) is 27.1. The molecular formula is C27H36N4O5. The summed E-state index contributed by atoms with van der Waals surface area (Å²) in [7, 11) is 1.68. The first-order valence-corrected chi connectivity index (χ1v) is 12.9. The molecule has 0 radical (unpaired) electrons. The van der Waals surface area contributed by atoms with Crippen molar-refractivity contribution < 1.29 is 19.1 Å². The van der Waals surface area contributed by atoms with Crippen LogP contribution in [0.3, 0.4) is 0 Å². The minimum Gasteiger partial charge on any atom is -0.450 e. The first-order chi connectivity index (χ1) is 17.4. The molecule has 0 spiro atoms. The number of rotatable bonds is 11. The van der Waals surface area contributed by atoms with Gasteiger partial charge in [0, 0.05) is 26.4 Å². The van der Waals surface area contributed by atoms with Gasteiger partial charge in [-0.3, -0.25) is 24.0 Å². The number of benzene rings is 1. The molecule has 0 unspecified atom stereocenters. The zero-order valence-electron chi connectivity index (χ0n) is 21.2. The topological polar surface area (TPSA) is 111 Å². The summed E-state index contributed by atoms with van der Waals surface area (Å²) in [6.45, 7) is 3.16.